The van der Waals surface area contributed by atoms with E-state index in [2.05, 4.69) is 5.32 Å². The van der Waals surface area contributed by atoms with Gasteiger partial charge >= 0.3 is 5.97 Å². The predicted octanol–water partition coefficient (Wildman–Crippen LogP) is 3.35. The molecule has 0 aliphatic rings. The van der Waals surface area contributed by atoms with Gasteiger partial charge < -0.3 is 10.1 Å². The Morgan fingerprint density at radius 2 is 2.04 bits per heavy atom. The molecule has 1 rings (SSSR count). The number of nitro groups is 1. The van der Waals surface area contributed by atoms with Crippen LogP contribution in [0.5, 0.6) is 0 Å². The second-order valence-electron chi connectivity index (χ2n) is 5.64. The molecule has 0 saturated heterocycles. The van der Waals surface area contributed by atoms with Crippen LogP contribution in [0.25, 0.3) is 0 Å². The minimum atomic E-state index is -0.819. The highest BCUT2D eigenvalue weighted by Crippen LogP contribution is 2.22. The van der Waals surface area contributed by atoms with Crippen LogP contribution in [-0.4, -0.2) is 29.4 Å². The number of esters is 1. The van der Waals surface area contributed by atoms with Gasteiger partial charge in [-0.2, -0.15) is 0 Å². The maximum absolute atomic E-state index is 12.3. The number of carbonyl (C=O) groups excluding carboxylic acids is 2. The van der Waals surface area contributed by atoms with Gasteiger partial charge in [0.05, 0.1) is 22.1 Å². The van der Waals surface area contributed by atoms with E-state index in [9.17, 15) is 19.7 Å². The van der Waals surface area contributed by atoms with Crippen molar-refractivity contribution < 1.29 is 19.2 Å². The Morgan fingerprint density at radius 3 is 2.54 bits per heavy atom. The van der Waals surface area contributed by atoms with E-state index in [0.717, 1.165) is 18.9 Å². The van der Waals surface area contributed by atoms with Crippen LogP contribution < -0.4 is 5.32 Å². The van der Waals surface area contributed by atoms with Gasteiger partial charge in [0, 0.05) is 12.1 Å². The van der Waals surface area contributed by atoms with Gasteiger partial charge in [0.2, 0.25) is 0 Å². The molecule has 0 aliphatic carbocycles. The van der Waals surface area contributed by atoms with Crippen molar-refractivity contribution in [2.24, 2.45) is 5.92 Å². The zero-order valence-corrected chi connectivity index (χ0v) is 14.6. The first-order valence-electron chi connectivity index (χ1n) is 7.69. The Balaban J connectivity index is 2.85. The van der Waals surface area contributed by atoms with Crippen LogP contribution in [0.1, 0.15) is 44.0 Å². The van der Waals surface area contributed by atoms with Gasteiger partial charge in [-0.25, -0.2) is 4.79 Å². The second kappa shape index (κ2) is 9.22. The summed E-state index contributed by atoms with van der Waals surface area (Å²) < 4.78 is 5.15. The number of halogens is 1. The summed E-state index contributed by atoms with van der Waals surface area (Å²) in [6.45, 7) is 5.84. The van der Waals surface area contributed by atoms with Crippen LogP contribution >= 0.6 is 11.6 Å². The molecule has 0 aromatic heterocycles. The number of carbonyl (C=O) groups is 2. The number of unbranched alkanes of at least 4 members (excludes halogenated alkanes) is 1. The van der Waals surface area contributed by atoms with E-state index in [1.807, 2.05) is 6.92 Å². The monoisotopic (exact) mass is 356 g/mol. The third-order valence-corrected chi connectivity index (χ3v) is 3.67. The van der Waals surface area contributed by atoms with E-state index < -0.39 is 22.8 Å². The van der Waals surface area contributed by atoms with Gasteiger partial charge in [0.15, 0.2) is 0 Å². The minimum absolute atomic E-state index is 0.0523. The van der Waals surface area contributed by atoms with Crippen molar-refractivity contribution in [2.45, 2.75) is 39.7 Å². The topological polar surface area (TPSA) is 98.5 Å². The highest BCUT2D eigenvalue weighted by Gasteiger charge is 2.27. The Labute approximate surface area is 145 Å². The molecule has 1 aromatic carbocycles. The molecule has 0 fully saturated rings. The average Bonchev–Trinajstić information content (AvgIpc) is 2.51. The van der Waals surface area contributed by atoms with Crippen molar-refractivity contribution >= 4 is 29.2 Å². The molecule has 1 N–H and O–H groups in total. The van der Waals surface area contributed by atoms with Gasteiger partial charge in [-0.05, 0) is 18.4 Å². The average molecular weight is 357 g/mol. The number of nitrogens with zero attached hydrogens (tertiary/aromatic N) is 1. The molecule has 0 aliphatic heterocycles. The molecular formula is C16H21ClN2O5. The van der Waals surface area contributed by atoms with Gasteiger partial charge in [0.25, 0.3) is 11.6 Å². The quantitative estimate of drug-likeness (QED) is 0.333. The molecule has 1 amide bonds. The smallest absolute Gasteiger partial charge is 0.328 e. The van der Waals surface area contributed by atoms with E-state index in [0.29, 0.717) is 6.61 Å². The lowest BCUT2D eigenvalue weighted by Crippen LogP contribution is -2.45. The van der Waals surface area contributed by atoms with E-state index in [1.54, 1.807) is 13.8 Å². The molecule has 1 aromatic rings. The summed E-state index contributed by atoms with van der Waals surface area (Å²) in [5.41, 5.74) is -0.148. The molecule has 132 valence electrons. The number of rotatable bonds is 8. The standard InChI is InChI=1S/C16H21ClN2O5/c1-4-5-8-24-16(21)14(10(2)3)18-15(20)12-7-6-11(19(22)23)9-13(12)17/h6-7,9-10,14H,4-5,8H2,1-3H3,(H,18,20)/t14-/m1/s1. The summed E-state index contributed by atoms with van der Waals surface area (Å²) in [6.07, 6.45) is 1.64. The summed E-state index contributed by atoms with van der Waals surface area (Å²) in [5, 5.41) is 13.2. The lowest BCUT2D eigenvalue weighted by molar-refractivity contribution is -0.384. The maximum atomic E-state index is 12.3. The van der Waals surface area contributed by atoms with Gasteiger partial charge in [-0.15, -0.1) is 0 Å². The van der Waals surface area contributed by atoms with Crippen LogP contribution in [0.4, 0.5) is 5.69 Å². The predicted molar refractivity (Wildman–Crippen MR) is 90.1 cm³/mol. The highest BCUT2D eigenvalue weighted by molar-refractivity contribution is 6.34. The fourth-order valence-corrected chi connectivity index (χ4v) is 2.19. The van der Waals surface area contributed by atoms with Crippen molar-refractivity contribution in [3.05, 3.63) is 38.9 Å². The van der Waals surface area contributed by atoms with E-state index in [1.165, 1.54) is 12.1 Å². The maximum Gasteiger partial charge on any atom is 0.328 e. The number of hydrogen-bond acceptors (Lipinski definition) is 5. The van der Waals surface area contributed by atoms with E-state index >= 15 is 0 Å². The number of nitro benzene ring substituents is 1. The van der Waals surface area contributed by atoms with Crippen LogP contribution in [0.3, 0.4) is 0 Å². The third-order valence-electron chi connectivity index (χ3n) is 3.36. The van der Waals surface area contributed by atoms with Crippen LogP contribution in [0.15, 0.2) is 18.2 Å². The zero-order valence-electron chi connectivity index (χ0n) is 13.9. The molecule has 0 saturated carbocycles. The third kappa shape index (κ3) is 5.49. The van der Waals surface area contributed by atoms with E-state index in [-0.39, 0.29) is 22.2 Å². The first-order chi connectivity index (χ1) is 11.3. The Morgan fingerprint density at radius 1 is 1.38 bits per heavy atom. The molecule has 8 heteroatoms. The number of non-ortho nitro benzene ring substituents is 1. The van der Waals surface area contributed by atoms with Crippen LogP contribution in [-0.2, 0) is 9.53 Å². The molecule has 0 heterocycles. The fourth-order valence-electron chi connectivity index (χ4n) is 1.93. The summed E-state index contributed by atoms with van der Waals surface area (Å²) in [4.78, 5) is 34.5. The number of hydrogen-bond donors (Lipinski definition) is 1. The van der Waals surface area contributed by atoms with Crippen molar-refractivity contribution in [2.75, 3.05) is 6.61 Å². The summed E-state index contributed by atoms with van der Waals surface area (Å²) >= 11 is 5.93. The normalized spacial score (nSPS) is 11.9. The summed E-state index contributed by atoms with van der Waals surface area (Å²) in [6, 6.07) is 2.72. The first-order valence-corrected chi connectivity index (χ1v) is 8.07. The molecule has 24 heavy (non-hydrogen) atoms. The molecule has 0 unspecified atom stereocenters. The van der Waals surface area contributed by atoms with Crippen molar-refractivity contribution in [1.82, 2.24) is 5.32 Å². The molecular weight excluding hydrogens is 336 g/mol. The fraction of sp³-hybridized carbons (Fsp3) is 0.500. The lowest BCUT2D eigenvalue weighted by atomic mass is 10.0. The molecule has 0 bridgehead atoms. The summed E-state index contributed by atoms with van der Waals surface area (Å²) in [5.74, 6) is -1.27. The number of ether oxygens (including phenoxy) is 1. The highest BCUT2D eigenvalue weighted by atomic mass is 35.5. The minimum Gasteiger partial charge on any atom is -0.464 e. The largest absolute Gasteiger partial charge is 0.464 e. The van der Waals surface area contributed by atoms with Crippen molar-refractivity contribution in [3.63, 3.8) is 0 Å². The first kappa shape index (κ1) is 19.9. The molecule has 1 atom stereocenters. The zero-order chi connectivity index (χ0) is 18.3. The Hall–Kier alpha value is -2.15. The molecule has 0 radical (unpaired) electrons. The van der Waals surface area contributed by atoms with Gasteiger partial charge in [-0.3, -0.25) is 14.9 Å². The van der Waals surface area contributed by atoms with Crippen molar-refractivity contribution in [3.8, 4) is 0 Å². The lowest BCUT2D eigenvalue weighted by Gasteiger charge is -2.21. The molecule has 0 spiro atoms. The van der Waals surface area contributed by atoms with Crippen molar-refractivity contribution in [1.29, 1.82) is 0 Å². The Bertz CT molecular complexity index is 618. The number of nitrogens with one attached hydrogen (secondary N) is 1. The van der Waals surface area contributed by atoms with E-state index in [4.69, 9.17) is 16.3 Å². The van der Waals surface area contributed by atoms with Crippen LogP contribution in [0.2, 0.25) is 5.02 Å². The second-order valence-corrected chi connectivity index (χ2v) is 6.04. The number of benzene rings is 1. The SMILES string of the molecule is CCCCOC(=O)[C@H](NC(=O)c1ccc([N+](=O)[O-])cc1Cl)C(C)C. The van der Waals surface area contributed by atoms with Gasteiger partial charge in [-0.1, -0.05) is 38.8 Å². The summed E-state index contributed by atoms with van der Waals surface area (Å²) in [7, 11) is 0. The molecule has 7 nitrogen and oxygen atoms in total. The Kier molecular flexibility index (Phi) is 7.64. The van der Waals surface area contributed by atoms with Crippen LogP contribution in [0, 0.1) is 16.0 Å². The van der Waals surface area contributed by atoms with Gasteiger partial charge in [0.1, 0.15) is 6.04 Å². The number of amides is 1.